The van der Waals surface area contributed by atoms with Crippen LogP contribution >= 0.6 is 0 Å². The van der Waals surface area contributed by atoms with Crippen molar-refractivity contribution in [2.45, 2.75) is 66.0 Å². The van der Waals surface area contributed by atoms with Gasteiger partial charge < -0.3 is 9.64 Å². The van der Waals surface area contributed by atoms with E-state index in [1.807, 2.05) is 32.6 Å². The summed E-state index contributed by atoms with van der Waals surface area (Å²) in [6.45, 7) is 13.3. The summed E-state index contributed by atoms with van der Waals surface area (Å²) in [5.41, 5.74) is 2.85. The van der Waals surface area contributed by atoms with E-state index >= 15 is 0 Å². The fourth-order valence-electron chi connectivity index (χ4n) is 3.39. The van der Waals surface area contributed by atoms with Gasteiger partial charge in [-0.3, -0.25) is 9.69 Å². The van der Waals surface area contributed by atoms with E-state index in [1.165, 1.54) is 5.56 Å². The van der Waals surface area contributed by atoms with Crippen LogP contribution in [0.4, 0.5) is 4.79 Å². The van der Waals surface area contributed by atoms with Crippen LogP contribution in [-0.2, 0) is 9.53 Å². The molecule has 0 aliphatic carbocycles. The number of nitrogens with zero attached hydrogens (tertiary/aromatic N) is 2. The topological polar surface area (TPSA) is 49.9 Å². The van der Waals surface area contributed by atoms with Crippen molar-refractivity contribution in [2.75, 3.05) is 19.6 Å². The highest BCUT2D eigenvalue weighted by atomic mass is 16.6. The molecule has 2 amide bonds. The van der Waals surface area contributed by atoms with E-state index in [4.69, 9.17) is 4.74 Å². The number of piperazine rings is 1. The summed E-state index contributed by atoms with van der Waals surface area (Å²) in [5, 5.41) is 0. The van der Waals surface area contributed by atoms with E-state index in [-0.39, 0.29) is 18.0 Å². The summed E-state index contributed by atoms with van der Waals surface area (Å²) in [7, 11) is 0. The first-order valence-electron chi connectivity index (χ1n) is 9.47. The van der Waals surface area contributed by atoms with Crippen LogP contribution in [0.15, 0.2) is 18.2 Å². The lowest BCUT2D eigenvalue weighted by molar-refractivity contribution is -0.134. The third kappa shape index (κ3) is 4.99. The standard InChI is InChI=1S/C21H32N2O3/c1-7-8-19(24)22-11-12-23(20(25)26-21(4,5)6)18(14-22)17-10-9-15(2)13-16(17)3/h9-10,13,18H,7-8,11-12,14H2,1-6H3. The molecular weight excluding hydrogens is 328 g/mol. The largest absolute Gasteiger partial charge is 0.444 e. The van der Waals surface area contributed by atoms with Crippen LogP contribution in [0.3, 0.4) is 0 Å². The minimum Gasteiger partial charge on any atom is -0.444 e. The molecule has 0 aromatic heterocycles. The predicted molar refractivity (Wildman–Crippen MR) is 103 cm³/mol. The Morgan fingerprint density at radius 3 is 2.46 bits per heavy atom. The first-order valence-corrected chi connectivity index (χ1v) is 9.47. The number of benzene rings is 1. The molecule has 1 saturated heterocycles. The van der Waals surface area contributed by atoms with Gasteiger partial charge in [0.1, 0.15) is 5.60 Å². The van der Waals surface area contributed by atoms with Crippen molar-refractivity contribution < 1.29 is 14.3 Å². The Bertz CT molecular complexity index is 664. The highest BCUT2D eigenvalue weighted by Crippen LogP contribution is 2.30. The highest BCUT2D eigenvalue weighted by molar-refractivity contribution is 5.77. The molecule has 5 nitrogen and oxygen atoms in total. The molecule has 144 valence electrons. The van der Waals surface area contributed by atoms with E-state index in [0.717, 1.165) is 17.5 Å². The predicted octanol–water partition coefficient (Wildman–Crippen LogP) is 4.22. The van der Waals surface area contributed by atoms with Crippen LogP contribution in [0.5, 0.6) is 0 Å². The molecule has 1 aromatic rings. The molecule has 1 aliphatic rings. The normalized spacial score (nSPS) is 18.0. The molecule has 1 heterocycles. The van der Waals surface area contributed by atoms with Crippen molar-refractivity contribution >= 4 is 12.0 Å². The molecule has 1 fully saturated rings. The number of ether oxygens (including phenoxy) is 1. The molecule has 5 heteroatoms. The van der Waals surface area contributed by atoms with Crippen LogP contribution in [0.2, 0.25) is 0 Å². The second-order valence-corrected chi connectivity index (χ2v) is 8.14. The van der Waals surface area contributed by atoms with Crippen LogP contribution in [0.25, 0.3) is 0 Å². The van der Waals surface area contributed by atoms with Crippen molar-refractivity contribution in [1.82, 2.24) is 9.80 Å². The van der Waals surface area contributed by atoms with Crippen LogP contribution < -0.4 is 0 Å². The lowest BCUT2D eigenvalue weighted by Gasteiger charge is -2.42. The summed E-state index contributed by atoms with van der Waals surface area (Å²) < 4.78 is 5.62. The van der Waals surface area contributed by atoms with Crippen molar-refractivity contribution in [1.29, 1.82) is 0 Å². The van der Waals surface area contributed by atoms with Crippen LogP contribution in [0.1, 0.15) is 63.3 Å². The zero-order valence-electron chi connectivity index (χ0n) is 17.0. The summed E-state index contributed by atoms with van der Waals surface area (Å²) >= 11 is 0. The van der Waals surface area contributed by atoms with Crippen LogP contribution in [-0.4, -0.2) is 47.0 Å². The fraction of sp³-hybridized carbons (Fsp3) is 0.619. The first kappa shape index (κ1) is 20.3. The lowest BCUT2D eigenvalue weighted by Crippen LogP contribution is -2.53. The Balaban J connectivity index is 2.32. The maximum Gasteiger partial charge on any atom is 0.410 e. The summed E-state index contributed by atoms with van der Waals surface area (Å²) in [6.07, 6.45) is 1.07. The molecule has 0 saturated carbocycles. The maximum absolute atomic E-state index is 12.8. The Morgan fingerprint density at radius 1 is 1.19 bits per heavy atom. The number of amides is 2. The Hall–Kier alpha value is -2.04. The van der Waals surface area contributed by atoms with Gasteiger partial charge >= 0.3 is 6.09 Å². The number of hydrogen-bond donors (Lipinski definition) is 0. The van der Waals surface area contributed by atoms with Crippen LogP contribution in [0, 0.1) is 13.8 Å². The number of hydrogen-bond acceptors (Lipinski definition) is 3. The molecule has 0 radical (unpaired) electrons. The Labute approximate surface area is 157 Å². The van der Waals surface area contributed by atoms with E-state index in [1.54, 1.807) is 4.90 Å². The molecule has 1 unspecified atom stereocenters. The smallest absolute Gasteiger partial charge is 0.410 e. The van der Waals surface area contributed by atoms with E-state index < -0.39 is 5.60 Å². The van der Waals surface area contributed by atoms with Crippen molar-refractivity contribution in [3.8, 4) is 0 Å². The maximum atomic E-state index is 12.8. The van der Waals surface area contributed by atoms with Gasteiger partial charge in [0.05, 0.1) is 6.04 Å². The number of aryl methyl sites for hydroxylation is 2. The molecule has 1 aliphatic heterocycles. The molecular formula is C21H32N2O3. The van der Waals surface area contributed by atoms with Gasteiger partial charge in [-0.05, 0) is 52.2 Å². The monoisotopic (exact) mass is 360 g/mol. The van der Waals surface area contributed by atoms with Gasteiger partial charge in [0, 0.05) is 26.1 Å². The average Bonchev–Trinajstić information content (AvgIpc) is 2.53. The minimum atomic E-state index is -0.543. The molecule has 0 spiro atoms. The molecule has 2 rings (SSSR count). The average molecular weight is 360 g/mol. The SMILES string of the molecule is CCCC(=O)N1CCN(C(=O)OC(C)(C)C)C(c2ccc(C)cc2C)C1. The highest BCUT2D eigenvalue weighted by Gasteiger charge is 2.36. The van der Waals surface area contributed by atoms with Gasteiger partial charge in [0.25, 0.3) is 0 Å². The van der Waals surface area contributed by atoms with E-state index in [2.05, 4.69) is 32.0 Å². The zero-order chi connectivity index (χ0) is 19.5. The summed E-state index contributed by atoms with van der Waals surface area (Å²) in [6, 6.07) is 6.07. The van der Waals surface area contributed by atoms with Crippen molar-refractivity contribution in [3.63, 3.8) is 0 Å². The summed E-state index contributed by atoms with van der Waals surface area (Å²) in [4.78, 5) is 28.8. The second-order valence-electron chi connectivity index (χ2n) is 8.14. The quantitative estimate of drug-likeness (QED) is 0.811. The van der Waals surface area contributed by atoms with Gasteiger partial charge in [0.15, 0.2) is 0 Å². The third-order valence-corrected chi connectivity index (χ3v) is 4.61. The number of rotatable bonds is 3. The van der Waals surface area contributed by atoms with Gasteiger partial charge in [-0.15, -0.1) is 0 Å². The van der Waals surface area contributed by atoms with Crippen molar-refractivity contribution in [3.05, 3.63) is 34.9 Å². The third-order valence-electron chi connectivity index (χ3n) is 4.61. The molecule has 1 atom stereocenters. The van der Waals surface area contributed by atoms with Gasteiger partial charge in [0.2, 0.25) is 5.91 Å². The molecule has 26 heavy (non-hydrogen) atoms. The summed E-state index contributed by atoms with van der Waals surface area (Å²) in [5.74, 6) is 0.158. The molecule has 0 bridgehead atoms. The van der Waals surface area contributed by atoms with Crippen molar-refractivity contribution in [2.24, 2.45) is 0 Å². The minimum absolute atomic E-state index is 0.158. The van der Waals surface area contributed by atoms with E-state index in [9.17, 15) is 9.59 Å². The Kier molecular flexibility index (Phi) is 6.32. The number of carbonyl (C=O) groups excluding carboxylic acids is 2. The lowest BCUT2D eigenvalue weighted by atomic mass is 9.96. The first-order chi connectivity index (χ1) is 12.1. The number of carbonyl (C=O) groups is 2. The fourth-order valence-corrected chi connectivity index (χ4v) is 3.39. The van der Waals surface area contributed by atoms with E-state index in [0.29, 0.717) is 26.1 Å². The molecule has 1 aromatic carbocycles. The molecule has 0 N–H and O–H groups in total. The Morgan fingerprint density at radius 2 is 1.88 bits per heavy atom. The van der Waals surface area contributed by atoms with Gasteiger partial charge in [-0.25, -0.2) is 4.79 Å². The zero-order valence-corrected chi connectivity index (χ0v) is 17.0. The van der Waals surface area contributed by atoms with Gasteiger partial charge in [-0.1, -0.05) is 30.7 Å². The second kappa shape index (κ2) is 8.11. The van der Waals surface area contributed by atoms with Gasteiger partial charge in [-0.2, -0.15) is 0 Å².